The van der Waals surface area contributed by atoms with E-state index in [1.807, 2.05) is 38.6 Å². The number of carboxylic acids is 1. The summed E-state index contributed by atoms with van der Waals surface area (Å²) >= 11 is 1.18. The van der Waals surface area contributed by atoms with Gasteiger partial charge < -0.3 is 5.11 Å². The minimum Gasteiger partial charge on any atom is -0.481 e. The summed E-state index contributed by atoms with van der Waals surface area (Å²) in [5.74, 6) is -0.156. The number of carboxylic acid groups (broad SMARTS) is 1. The maximum atomic E-state index is 10.7. The maximum Gasteiger partial charge on any atom is 0.313 e. The van der Waals surface area contributed by atoms with Crippen molar-refractivity contribution in [2.45, 2.75) is 38.4 Å². The lowest BCUT2D eigenvalue weighted by Gasteiger charge is -2.13. The molecule has 0 amide bonds. The van der Waals surface area contributed by atoms with Gasteiger partial charge in [-0.05, 0) is 20.3 Å². The monoisotopic (exact) mass is 309 g/mol. The van der Waals surface area contributed by atoms with Gasteiger partial charge in [0.25, 0.3) is 0 Å². The SMILES string of the molecule is CCc1nn(C)cc1-c1nnc(SCC(=O)O)n1C(C)C. The van der Waals surface area contributed by atoms with Crippen LogP contribution in [0.25, 0.3) is 11.4 Å². The summed E-state index contributed by atoms with van der Waals surface area (Å²) < 4.78 is 3.72. The van der Waals surface area contributed by atoms with Crippen LogP contribution in [0.4, 0.5) is 0 Å². The Kier molecular flexibility index (Phi) is 4.66. The van der Waals surface area contributed by atoms with Crippen molar-refractivity contribution in [1.29, 1.82) is 0 Å². The third-order valence-corrected chi connectivity index (χ3v) is 3.91. The summed E-state index contributed by atoms with van der Waals surface area (Å²) in [6, 6.07) is 0.135. The van der Waals surface area contributed by atoms with Gasteiger partial charge in [-0.2, -0.15) is 5.10 Å². The van der Waals surface area contributed by atoms with Crippen LogP contribution in [0.5, 0.6) is 0 Å². The number of nitrogens with zero attached hydrogens (tertiary/aromatic N) is 5. The predicted octanol–water partition coefficient (Wildman–Crippen LogP) is 2.00. The highest BCUT2D eigenvalue weighted by Crippen LogP contribution is 2.29. The smallest absolute Gasteiger partial charge is 0.313 e. The molecule has 0 aliphatic heterocycles. The van der Waals surface area contributed by atoms with Crippen LogP contribution in [-0.4, -0.2) is 41.4 Å². The van der Waals surface area contributed by atoms with Gasteiger partial charge in [-0.25, -0.2) is 0 Å². The van der Waals surface area contributed by atoms with Crippen LogP contribution >= 0.6 is 11.8 Å². The predicted molar refractivity (Wildman–Crippen MR) is 80.3 cm³/mol. The van der Waals surface area contributed by atoms with Crippen molar-refractivity contribution in [1.82, 2.24) is 24.5 Å². The Bertz CT molecular complexity index is 647. The first-order chi connectivity index (χ1) is 9.93. The number of aromatic nitrogens is 5. The number of aryl methyl sites for hydroxylation is 2. The van der Waals surface area contributed by atoms with Crippen LogP contribution in [-0.2, 0) is 18.3 Å². The van der Waals surface area contributed by atoms with Crippen molar-refractivity contribution in [3.8, 4) is 11.4 Å². The van der Waals surface area contributed by atoms with Gasteiger partial charge >= 0.3 is 5.97 Å². The fourth-order valence-corrected chi connectivity index (χ4v) is 2.92. The third kappa shape index (κ3) is 3.26. The lowest BCUT2D eigenvalue weighted by atomic mass is 10.2. The standard InChI is InChI=1S/C13H19N5O2S/c1-5-10-9(6-17(4)16-10)12-14-15-13(18(12)8(2)3)21-7-11(19)20/h6,8H,5,7H2,1-4H3,(H,19,20). The molecule has 114 valence electrons. The highest BCUT2D eigenvalue weighted by atomic mass is 32.2. The number of thioether (sulfide) groups is 1. The minimum atomic E-state index is -0.865. The zero-order valence-corrected chi connectivity index (χ0v) is 13.4. The molecule has 0 atom stereocenters. The average Bonchev–Trinajstić information content (AvgIpc) is 2.98. The first-order valence-corrected chi connectivity index (χ1v) is 7.75. The summed E-state index contributed by atoms with van der Waals surface area (Å²) in [6.45, 7) is 6.10. The first kappa shape index (κ1) is 15.6. The number of aliphatic carboxylic acids is 1. The summed E-state index contributed by atoms with van der Waals surface area (Å²) in [4.78, 5) is 10.7. The van der Waals surface area contributed by atoms with Crippen LogP contribution < -0.4 is 0 Å². The zero-order chi connectivity index (χ0) is 15.6. The highest BCUT2D eigenvalue weighted by Gasteiger charge is 2.21. The van der Waals surface area contributed by atoms with Gasteiger partial charge in [-0.1, -0.05) is 18.7 Å². The third-order valence-electron chi connectivity index (χ3n) is 2.99. The van der Waals surface area contributed by atoms with Crippen molar-refractivity contribution >= 4 is 17.7 Å². The van der Waals surface area contributed by atoms with E-state index in [1.54, 1.807) is 4.68 Å². The van der Waals surface area contributed by atoms with Crippen molar-refractivity contribution in [3.63, 3.8) is 0 Å². The molecule has 0 fully saturated rings. The second kappa shape index (κ2) is 6.30. The van der Waals surface area contributed by atoms with E-state index < -0.39 is 5.97 Å². The quantitative estimate of drug-likeness (QED) is 0.821. The van der Waals surface area contributed by atoms with Gasteiger partial charge in [0.2, 0.25) is 0 Å². The molecular weight excluding hydrogens is 290 g/mol. The highest BCUT2D eigenvalue weighted by molar-refractivity contribution is 7.99. The van der Waals surface area contributed by atoms with E-state index in [0.29, 0.717) is 5.16 Å². The summed E-state index contributed by atoms with van der Waals surface area (Å²) in [6.07, 6.45) is 2.73. The van der Waals surface area contributed by atoms with Crippen LogP contribution in [0.15, 0.2) is 11.4 Å². The molecule has 0 aliphatic rings. The van der Waals surface area contributed by atoms with E-state index in [-0.39, 0.29) is 11.8 Å². The van der Waals surface area contributed by atoms with E-state index in [4.69, 9.17) is 5.11 Å². The molecule has 8 heteroatoms. The van der Waals surface area contributed by atoms with Crippen LogP contribution in [0.3, 0.4) is 0 Å². The van der Waals surface area contributed by atoms with E-state index >= 15 is 0 Å². The van der Waals surface area contributed by atoms with Gasteiger partial charge in [0.05, 0.1) is 17.0 Å². The Labute approximate surface area is 127 Å². The lowest BCUT2D eigenvalue weighted by Crippen LogP contribution is -2.07. The molecule has 0 bridgehead atoms. The number of hydrogen-bond acceptors (Lipinski definition) is 5. The van der Waals surface area contributed by atoms with Gasteiger partial charge in [-0.15, -0.1) is 10.2 Å². The molecule has 2 heterocycles. The average molecular weight is 309 g/mol. The van der Waals surface area contributed by atoms with E-state index in [0.717, 1.165) is 23.5 Å². The maximum absolute atomic E-state index is 10.7. The Morgan fingerprint density at radius 1 is 1.43 bits per heavy atom. The molecule has 2 aromatic heterocycles. The number of carbonyl (C=O) groups is 1. The lowest BCUT2D eigenvalue weighted by molar-refractivity contribution is -0.133. The molecule has 21 heavy (non-hydrogen) atoms. The molecular formula is C13H19N5O2S. The van der Waals surface area contributed by atoms with Crippen LogP contribution in [0.1, 0.15) is 32.5 Å². The van der Waals surface area contributed by atoms with Gasteiger partial charge in [-0.3, -0.25) is 14.0 Å². The molecule has 0 saturated heterocycles. The molecule has 1 N–H and O–H groups in total. The topological polar surface area (TPSA) is 85.8 Å². The van der Waals surface area contributed by atoms with Crippen LogP contribution in [0, 0.1) is 0 Å². The molecule has 7 nitrogen and oxygen atoms in total. The van der Waals surface area contributed by atoms with Crippen LogP contribution in [0.2, 0.25) is 0 Å². The van der Waals surface area contributed by atoms with Crippen molar-refractivity contribution < 1.29 is 9.90 Å². The first-order valence-electron chi connectivity index (χ1n) is 6.76. The normalized spacial score (nSPS) is 11.3. The summed E-state index contributed by atoms with van der Waals surface area (Å²) in [5.41, 5.74) is 1.91. The fraction of sp³-hybridized carbons (Fsp3) is 0.538. The second-order valence-electron chi connectivity index (χ2n) is 4.97. The van der Waals surface area contributed by atoms with Crippen molar-refractivity contribution in [2.24, 2.45) is 7.05 Å². The molecule has 0 radical (unpaired) electrons. The minimum absolute atomic E-state index is 0.0292. The Hall–Kier alpha value is -1.83. The van der Waals surface area contributed by atoms with Gasteiger partial charge in [0.1, 0.15) is 0 Å². The van der Waals surface area contributed by atoms with E-state index in [2.05, 4.69) is 15.3 Å². The largest absolute Gasteiger partial charge is 0.481 e. The molecule has 2 rings (SSSR count). The fourth-order valence-electron chi connectivity index (χ4n) is 2.13. The molecule has 0 spiro atoms. The molecule has 0 saturated carbocycles. The molecule has 2 aromatic rings. The second-order valence-corrected chi connectivity index (χ2v) is 5.91. The number of hydrogen-bond donors (Lipinski definition) is 1. The Morgan fingerprint density at radius 3 is 2.71 bits per heavy atom. The van der Waals surface area contributed by atoms with E-state index in [9.17, 15) is 4.79 Å². The Morgan fingerprint density at radius 2 is 2.14 bits per heavy atom. The van der Waals surface area contributed by atoms with Crippen molar-refractivity contribution in [3.05, 3.63) is 11.9 Å². The molecule has 0 unspecified atom stereocenters. The van der Waals surface area contributed by atoms with Gasteiger partial charge in [0.15, 0.2) is 11.0 Å². The Balaban J connectivity index is 2.46. The number of rotatable bonds is 6. The molecule has 0 aliphatic carbocycles. The summed E-state index contributed by atoms with van der Waals surface area (Å²) in [5, 5.41) is 22.3. The molecule has 0 aromatic carbocycles. The summed E-state index contributed by atoms with van der Waals surface area (Å²) in [7, 11) is 1.87. The van der Waals surface area contributed by atoms with E-state index in [1.165, 1.54) is 11.8 Å². The van der Waals surface area contributed by atoms with Crippen molar-refractivity contribution in [2.75, 3.05) is 5.75 Å². The van der Waals surface area contributed by atoms with Gasteiger partial charge in [0, 0.05) is 19.3 Å². The zero-order valence-electron chi connectivity index (χ0n) is 12.6.